The first-order chi connectivity index (χ1) is 14.3. The summed E-state index contributed by atoms with van der Waals surface area (Å²) in [5, 5.41) is 9.06. The van der Waals surface area contributed by atoms with Gasteiger partial charge in [-0.1, -0.05) is 41.9 Å². The maximum absolute atomic E-state index is 12.8. The van der Waals surface area contributed by atoms with E-state index in [2.05, 4.69) is 15.6 Å². The van der Waals surface area contributed by atoms with Gasteiger partial charge in [-0.25, -0.2) is 13.8 Å². The first kappa shape index (κ1) is 20.1. The quantitative estimate of drug-likeness (QED) is 0.495. The molecule has 0 saturated heterocycles. The van der Waals surface area contributed by atoms with E-state index in [0.717, 1.165) is 5.56 Å². The summed E-state index contributed by atoms with van der Waals surface area (Å²) in [4.78, 5) is 12.5. The number of hydrogen-bond acceptors (Lipinski definition) is 5. The number of hydrazone groups is 1. The lowest BCUT2D eigenvalue weighted by molar-refractivity contribution is -0.121. The Morgan fingerprint density at radius 1 is 1.20 bits per heavy atom. The molecule has 1 amide bonds. The molecule has 30 heavy (non-hydrogen) atoms. The molecule has 0 radical (unpaired) electrons. The smallest absolute Gasteiger partial charge is 0.264 e. The lowest BCUT2D eigenvalue weighted by atomic mass is 10.1. The second kappa shape index (κ2) is 7.58. The number of nitrogens with zero attached hydrogens (tertiary/aromatic N) is 4. The van der Waals surface area contributed by atoms with Crippen LogP contribution in [0.2, 0.25) is 5.02 Å². The number of sulfonamides is 1. The Hall–Kier alpha value is -3.17. The Morgan fingerprint density at radius 2 is 1.90 bits per heavy atom. The van der Waals surface area contributed by atoms with E-state index in [4.69, 9.17) is 11.6 Å². The highest BCUT2D eigenvalue weighted by atomic mass is 35.5. The fourth-order valence-corrected chi connectivity index (χ4v) is 4.88. The summed E-state index contributed by atoms with van der Waals surface area (Å²) in [5.41, 5.74) is 5.32. The zero-order valence-electron chi connectivity index (χ0n) is 16.2. The standard InChI is InChI=1S/C20H18ClN5O3S/c1-13-20-19(16-5-3-4-6-17(16)30(28,29)25(20)2)24-26(13)12-18(27)23-22-11-14-7-9-15(21)10-8-14/h3-11H,12H2,1-2H3,(H,23,27)/b22-11+. The Bertz CT molecular complexity index is 1270. The van der Waals surface area contributed by atoms with Crippen molar-refractivity contribution in [2.24, 2.45) is 5.10 Å². The van der Waals surface area contributed by atoms with E-state index in [9.17, 15) is 13.2 Å². The van der Waals surface area contributed by atoms with Gasteiger partial charge in [-0.3, -0.25) is 13.8 Å². The number of halogens is 1. The van der Waals surface area contributed by atoms with Gasteiger partial charge in [0.05, 0.1) is 16.8 Å². The summed E-state index contributed by atoms with van der Waals surface area (Å²) >= 11 is 5.84. The van der Waals surface area contributed by atoms with Gasteiger partial charge >= 0.3 is 0 Å². The molecule has 0 unspecified atom stereocenters. The van der Waals surface area contributed by atoms with Crippen LogP contribution in [0, 0.1) is 6.92 Å². The maximum Gasteiger partial charge on any atom is 0.264 e. The number of anilines is 1. The lowest BCUT2D eigenvalue weighted by Gasteiger charge is -2.26. The number of fused-ring (bicyclic) bond motifs is 3. The number of nitrogens with one attached hydrogen (secondary N) is 1. The molecule has 4 rings (SSSR count). The molecule has 154 valence electrons. The molecule has 1 aliphatic heterocycles. The fourth-order valence-electron chi connectivity index (χ4n) is 3.30. The summed E-state index contributed by atoms with van der Waals surface area (Å²) in [6.07, 6.45) is 1.51. The Labute approximate surface area is 178 Å². The number of carbonyl (C=O) groups excluding carboxylic acids is 1. The molecular formula is C20H18ClN5O3S. The highest BCUT2D eigenvalue weighted by Crippen LogP contribution is 2.43. The van der Waals surface area contributed by atoms with Crippen LogP contribution in [0.5, 0.6) is 0 Å². The molecule has 0 bridgehead atoms. The molecule has 1 N–H and O–H groups in total. The molecule has 0 saturated carbocycles. The Kier molecular flexibility index (Phi) is 5.08. The molecule has 10 heteroatoms. The summed E-state index contributed by atoms with van der Waals surface area (Å²) in [5.74, 6) is -0.387. The highest BCUT2D eigenvalue weighted by molar-refractivity contribution is 7.93. The van der Waals surface area contributed by atoms with Gasteiger partial charge in [0, 0.05) is 17.6 Å². The number of amides is 1. The fraction of sp³-hybridized carbons (Fsp3) is 0.150. The first-order valence-electron chi connectivity index (χ1n) is 9.02. The summed E-state index contributed by atoms with van der Waals surface area (Å²) in [6, 6.07) is 13.7. The number of rotatable bonds is 4. The van der Waals surface area contributed by atoms with Crippen molar-refractivity contribution in [2.75, 3.05) is 11.4 Å². The first-order valence-corrected chi connectivity index (χ1v) is 10.8. The molecule has 2 heterocycles. The second-order valence-corrected chi connectivity index (χ2v) is 9.13. The molecule has 8 nitrogen and oxygen atoms in total. The SMILES string of the molecule is Cc1c2c(nn1CC(=O)N/N=C/c1ccc(Cl)cc1)-c1ccccc1S(=O)(=O)N2C. The van der Waals surface area contributed by atoms with Crippen LogP contribution in [0.15, 0.2) is 58.5 Å². The van der Waals surface area contributed by atoms with E-state index in [0.29, 0.717) is 27.7 Å². The highest BCUT2D eigenvalue weighted by Gasteiger charge is 2.36. The summed E-state index contributed by atoms with van der Waals surface area (Å²) < 4.78 is 28.3. The molecule has 3 aromatic rings. The van der Waals surface area contributed by atoms with Gasteiger partial charge in [0.15, 0.2) is 0 Å². The van der Waals surface area contributed by atoms with Crippen molar-refractivity contribution < 1.29 is 13.2 Å². The van der Waals surface area contributed by atoms with Gasteiger partial charge in [0.2, 0.25) is 0 Å². The predicted molar refractivity (Wildman–Crippen MR) is 115 cm³/mol. The van der Waals surface area contributed by atoms with Crippen molar-refractivity contribution in [2.45, 2.75) is 18.4 Å². The van der Waals surface area contributed by atoms with Crippen molar-refractivity contribution in [3.8, 4) is 11.3 Å². The molecular weight excluding hydrogens is 426 g/mol. The molecule has 2 aromatic carbocycles. The predicted octanol–water partition coefficient (Wildman–Crippen LogP) is 2.80. The van der Waals surface area contributed by atoms with Gasteiger partial charge in [0.1, 0.15) is 17.9 Å². The van der Waals surface area contributed by atoms with E-state index in [1.807, 2.05) is 0 Å². The van der Waals surface area contributed by atoms with Crippen molar-refractivity contribution >= 4 is 39.4 Å². The van der Waals surface area contributed by atoms with Crippen LogP contribution in [-0.4, -0.2) is 37.4 Å². The van der Waals surface area contributed by atoms with Crippen molar-refractivity contribution in [1.29, 1.82) is 0 Å². The van der Waals surface area contributed by atoms with Crippen LogP contribution in [0.25, 0.3) is 11.3 Å². The molecule has 1 aliphatic rings. The molecule has 0 aliphatic carbocycles. The van der Waals surface area contributed by atoms with Gasteiger partial charge in [-0.2, -0.15) is 10.2 Å². The third kappa shape index (κ3) is 3.46. The minimum atomic E-state index is -3.67. The zero-order valence-corrected chi connectivity index (χ0v) is 17.8. The van der Waals surface area contributed by atoms with E-state index >= 15 is 0 Å². The third-order valence-corrected chi connectivity index (χ3v) is 6.90. The summed E-state index contributed by atoms with van der Waals surface area (Å²) in [6.45, 7) is 1.63. The van der Waals surface area contributed by atoms with Crippen LogP contribution in [0.3, 0.4) is 0 Å². The molecule has 0 atom stereocenters. The average Bonchev–Trinajstić information content (AvgIpc) is 3.04. The minimum Gasteiger partial charge on any atom is -0.271 e. The number of aromatic nitrogens is 2. The average molecular weight is 444 g/mol. The maximum atomic E-state index is 12.8. The van der Waals surface area contributed by atoms with Gasteiger partial charge in [0.25, 0.3) is 15.9 Å². The Balaban J connectivity index is 1.58. The number of hydrogen-bond donors (Lipinski definition) is 1. The van der Waals surface area contributed by atoms with Crippen molar-refractivity contribution in [1.82, 2.24) is 15.2 Å². The largest absolute Gasteiger partial charge is 0.271 e. The normalized spacial score (nSPS) is 14.4. The van der Waals surface area contributed by atoms with E-state index in [1.165, 1.54) is 22.2 Å². The van der Waals surface area contributed by atoms with E-state index in [1.54, 1.807) is 55.5 Å². The zero-order chi connectivity index (χ0) is 21.5. The van der Waals surface area contributed by atoms with Crippen LogP contribution < -0.4 is 9.73 Å². The number of benzene rings is 2. The van der Waals surface area contributed by atoms with Crippen molar-refractivity contribution in [3.63, 3.8) is 0 Å². The monoisotopic (exact) mass is 443 g/mol. The van der Waals surface area contributed by atoms with Crippen LogP contribution in [0.1, 0.15) is 11.3 Å². The third-order valence-electron chi connectivity index (χ3n) is 4.84. The van der Waals surface area contributed by atoms with Crippen molar-refractivity contribution in [3.05, 3.63) is 64.8 Å². The lowest BCUT2D eigenvalue weighted by Crippen LogP contribution is -2.30. The summed E-state index contributed by atoms with van der Waals surface area (Å²) in [7, 11) is -2.19. The topological polar surface area (TPSA) is 96.7 Å². The van der Waals surface area contributed by atoms with Gasteiger partial charge in [-0.05, 0) is 30.7 Å². The minimum absolute atomic E-state index is 0.104. The number of carbonyl (C=O) groups is 1. The van der Waals surface area contributed by atoms with E-state index in [-0.39, 0.29) is 17.3 Å². The van der Waals surface area contributed by atoms with Crippen LogP contribution >= 0.6 is 11.6 Å². The van der Waals surface area contributed by atoms with Crippen LogP contribution in [-0.2, 0) is 21.4 Å². The second-order valence-electron chi connectivity index (χ2n) is 6.75. The molecule has 0 spiro atoms. The van der Waals surface area contributed by atoms with E-state index < -0.39 is 10.0 Å². The van der Waals surface area contributed by atoms with Gasteiger partial charge < -0.3 is 0 Å². The van der Waals surface area contributed by atoms with Gasteiger partial charge in [-0.15, -0.1) is 0 Å². The molecule has 1 aromatic heterocycles. The van der Waals surface area contributed by atoms with Crippen LogP contribution in [0.4, 0.5) is 5.69 Å². The Morgan fingerprint density at radius 3 is 2.63 bits per heavy atom. The molecule has 0 fully saturated rings.